The number of hydrogen-bond acceptors (Lipinski definition) is 3. The second kappa shape index (κ2) is 8.05. The molecule has 4 heteroatoms. The monoisotopic (exact) mass is 273 g/mol. The average molecular weight is 273 g/mol. The van der Waals surface area contributed by atoms with Crippen LogP contribution in [0.2, 0.25) is 0 Å². The molecule has 0 radical (unpaired) electrons. The lowest BCUT2D eigenvalue weighted by atomic mass is 9.91. The van der Waals surface area contributed by atoms with Crippen molar-refractivity contribution in [1.82, 2.24) is 5.32 Å². The third-order valence-electron chi connectivity index (χ3n) is 3.93. The Hall–Kier alpha value is -0.220. The second-order valence-electron chi connectivity index (χ2n) is 5.15. The lowest BCUT2D eigenvalue weighted by molar-refractivity contribution is -0.145. The Balaban J connectivity index is 2.29. The summed E-state index contributed by atoms with van der Waals surface area (Å²) in [6.07, 6.45) is 7.86. The van der Waals surface area contributed by atoms with Crippen LogP contribution in [-0.2, 0) is 4.79 Å². The molecule has 106 valence electrons. The Morgan fingerprint density at radius 1 is 1.39 bits per heavy atom. The van der Waals surface area contributed by atoms with E-state index in [1.165, 1.54) is 25.7 Å². The van der Waals surface area contributed by atoms with Gasteiger partial charge < -0.3 is 10.4 Å². The summed E-state index contributed by atoms with van der Waals surface area (Å²) in [7, 11) is 0. The molecule has 0 heterocycles. The minimum atomic E-state index is -0.703. The zero-order chi connectivity index (χ0) is 13.4. The fourth-order valence-corrected chi connectivity index (χ4v) is 4.05. The number of nitrogens with one attached hydrogen (secondary N) is 1. The highest BCUT2D eigenvalue weighted by Gasteiger charge is 2.34. The van der Waals surface area contributed by atoms with Gasteiger partial charge >= 0.3 is 5.97 Å². The van der Waals surface area contributed by atoms with Crippen molar-refractivity contribution in [3.05, 3.63) is 0 Å². The van der Waals surface area contributed by atoms with Crippen LogP contribution in [0, 0.1) is 0 Å². The maximum Gasteiger partial charge on any atom is 0.323 e. The van der Waals surface area contributed by atoms with Crippen molar-refractivity contribution in [2.45, 2.75) is 69.6 Å². The van der Waals surface area contributed by atoms with Gasteiger partial charge in [-0.3, -0.25) is 4.79 Å². The molecule has 0 aromatic carbocycles. The van der Waals surface area contributed by atoms with E-state index in [4.69, 9.17) is 0 Å². The topological polar surface area (TPSA) is 49.3 Å². The first-order chi connectivity index (χ1) is 8.64. The van der Waals surface area contributed by atoms with Gasteiger partial charge in [0.1, 0.15) is 5.54 Å². The van der Waals surface area contributed by atoms with Gasteiger partial charge in [-0.25, -0.2) is 0 Å². The molecule has 0 amide bonds. The molecule has 1 aliphatic carbocycles. The Bertz CT molecular complexity index is 254. The number of carboxylic acids is 1. The number of likely N-dealkylation sites (N-methyl/N-ethyl adjacent to an activating group) is 1. The van der Waals surface area contributed by atoms with Gasteiger partial charge in [-0.2, -0.15) is 11.8 Å². The van der Waals surface area contributed by atoms with Crippen LogP contribution in [-0.4, -0.2) is 34.2 Å². The molecule has 3 nitrogen and oxygen atoms in total. The van der Waals surface area contributed by atoms with E-state index in [1.807, 2.05) is 25.6 Å². The van der Waals surface area contributed by atoms with Crippen molar-refractivity contribution >= 4 is 17.7 Å². The zero-order valence-electron chi connectivity index (χ0n) is 11.7. The number of carbonyl (C=O) groups is 1. The molecule has 1 saturated carbocycles. The van der Waals surface area contributed by atoms with Gasteiger partial charge in [0, 0.05) is 5.25 Å². The highest BCUT2D eigenvalue weighted by atomic mass is 32.2. The predicted molar refractivity (Wildman–Crippen MR) is 78.3 cm³/mol. The summed E-state index contributed by atoms with van der Waals surface area (Å²) >= 11 is 2.04. The molecule has 2 N–H and O–H groups in total. The largest absolute Gasteiger partial charge is 0.480 e. The minimum absolute atomic E-state index is 0.657. The first kappa shape index (κ1) is 15.8. The van der Waals surface area contributed by atoms with E-state index in [0.717, 1.165) is 30.4 Å². The van der Waals surface area contributed by atoms with E-state index in [-0.39, 0.29) is 0 Å². The molecule has 1 rings (SSSR count). The van der Waals surface area contributed by atoms with Crippen molar-refractivity contribution < 1.29 is 9.90 Å². The lowest BCUT2D eigenvalue weighted by Crippen LogP contribution is -2.51. The molecule has 18 heavy (non-hydrogen) atoms. The first-order valence-corrected chi connectivity index (χ1v) is 8.29. The number of rotatable bonds is 9. The van der Waals surface area contributed by atoms with Crippen molar-refractivity contribution in [3.63, 3.8) is 0 Å². The zero-order valence-corrected chi connectivity index (χ0v) is 12.5. The van der Waals surface area contributed by atoms with E-state index in [9.17, 15) is 9.90 Å². The maximum absolute atomic E-state index is 11.4. The van der Waals surface area contributed by atoms with Crippen LogP contribution in [0.4, 0.5) is 0 Å². The van der Waals surface area contributed by atoms with Gasteiger partial charge in [-0.05, 0) is 44.4 Å². The van der Waals surface area contributed by atoms with Gasteiger partial charge in [0.25, 0.3) is 0 Å². The molecular weight excluding hydrogens is 246 g/mol. The standard InChI is InChI=1S/C14H27NO2S/c1-3-14(13(16)17,15-4-2)10-7-11-18-12-8-5-6-9-12/h12,15H,3-11H2,1-2H3,(H,16,17). The summed E-state index contributed by atoms with van der Waals surface area (Å²) in [5.41, 5.74) is -0.703. The fraction of sp³-hybridized carbons (Fsp3) is 0.929. The number of thioether (sulfide) groups is 1. The first-order valence-electron chi connectivity index (χ1n) is 7.24. The van der Waals surface area contributed by atoms with Crippen LogP contribution in [0.15, 0.2) is 0 Å². The highest BCUT2D eigenvalue weighted by Crippen LogP contribution is 2.30. The molecule has 0 aromatic rings. The molecule has 0 aliphatic heterocycles. The number of carboxylic acid groups (broad SMARTS) is 1. The average Bonchev–Trinajstić information content (AvgIpc) is 2.86. The van der Waals surface area contributed by atoms with Gasteiger partial charge in [-0.1, -0.05) is 26.7 Å². The van der Waals surface area contributed by atoms with Crippen LogP contribution in [0.5, 0.6) is 0 Å². The summed E-state index contributed by atoms with van der Waals surface area (Å²) in [6, 6.07) is 0. The molecule has 0 saturated heterocycles. The third kappa shape index (κ3) is 4.47. The van der Waals surface area contributed by atoms with Crippen LogP contribution >= 0.6 is 11.8 Å². The lowest BCUT2D eigenvalue weighted by Gasteiger charge is -2.29. The molecule has 0 aromatic heterocycles. The van der Waals surface area contributed by atoms with Crippen molar-refractivity contribution in [3.8, 4) is 0 Å². The maximum atomic E-state index is 11.4. The van der Waals surface area contributed by atoms with Crippen LogP contribution < -0.4 is 5.32 Å². The van der Waals surface area contributed by atoms with Gasteiger partial charge in [0.15, 0.2) is 0 Å². The molecule has 1 aliphatic rings. The molecule has 1 fully saturated rings. The fourth-order valence-electron chi connectivity index (χ4n) is 2.74. The normalized spacial score (nSPS) is 19.9. The highest BCUT2D eigenvalue weighted by molar-refractivity contribution is 7.99. The summed E-state index contributed by atoms with van der Waals surface area (Å²) in [5.74, 6) is 0.406. The predicted octanol–water partition coefficient (Wildman–Crippen LogP) is 3.29. The Morgan fingerprint density at radius 3 is 2.56 bits per heavy atom. The van der Waals surface area contributed by atoms with E-state index < -0.39 is 11.5 Å². The Kier molecular flexibility index (Phi) is 7.08. The Morgan fingerprint density at radius 2 is 2.06 bits per heavy atom. The van der Waals surface area contributed by atoms with E-state index in [1.54, 1.807) is 0 Å². The van der Waals surface area contributed by atoms with Gasteiger partial charge in [0.05, 0.1) is 0 Å². The smallest absolute Gasteiger partial charge is 0.323 e. The summed E-state index contributed by atoms with van der Waals surface area (Å²) < 4.78 is 0. The summed E-state index contributed by atoms with van der Waals surface area (Å²) in [4.78, 5) is 11.4. The van der Waals surface area contributed by atoms with Crippen LogP contribution in [0.25, 0.3) is 0 Å². The molecule has 1 unspecified atom stereocenters. The van der Waals surface area contributed by atoms with Crippen molar-refractivity contribution in [2.75, 3.05) is 12.3 Å². The number of aliphatic carboxylic acids is 1. The molecule has 1 atom stereocenters. The van der Waals surface area contributed by atoms with Gasteiger partial charge in [-0.15, -0.1) is 0 Å². The SMILES string of the molecule is CCNC(CC)(CCCSC1CCCC1)C(=O)O. The van der Waals surface area contributed by atoms with E-state index in [2.05, 4.69) is 5.32 Å². The van der Waals surface area contributed by atoms with Crippen molar-refractivity contribution in [1.29, 1.82) is 0 Å². The number of hydrogen-bond donors (Lipinski definition) is 2. The van der Waals surface area contributed by atoms with Crippen LogP contribution in [0.3, 0.4) is 0 Å². The molecule has 0 bridgehead atoms. The van der Waals surface area contributed by atoms with E-state index >= 15 is 0 Å². The minimum Gasteiger partial charge on any atom is -0.480 e. The second-order valence-corrected chi connectivity index (χ2v) is 6.56. The Labute approximate surface area is 115 Å². The molecular formula is C14H27NO2S. The third-order valence-corrected chi connectivity index (χ3v) is 5.40. The summed E-state index contributed by atoms with van der Waals surface area (Å²) in [6.45, 7) is 4.65. The summed E-state index contributed by atoms with van der Waals surface area (Å²) in [5, 5.41) is 13.4. The van der Waals surface area contributed by atoms with Crippen LogP contribution in [0.1, 0.15) is 58.8 Å². The quantitative estimate of drug-likeness (QED) is 0.633. The van der Waals surface area contributed by atoms with E-state index in [0.29, 0.717) is 6.42 Å². The van der Waals surface area contributed by atoms with Gasteiger partial charge in [0.2, 0.25) is 0 Å². The molecule has 0 spiro atoms. The van der Waals surface area contributed by atoms with Crippen molar-refractivity contribution in [2.24, 2.45) is 0 Å².